The first-order chi connectivity index (χ1) is 13.3. The summed E-state index contributed by atoms with van der Waals surface area (Å²) in [6.45, 7) is 6.24. The van der Waals surface area contributed by atoms with Crippen LogP contribution in [0.2, 0.25) is 0 Å². The van der Waals surface area contributed by atoms with Crippen LogP contribution in [0.3, 0.4) is 0 Å². The van der Waals surface area contributed by atoms with Crippen LogP contribution in [0, 0.1) is 13.8 Å². The van der Waals surface area contributed by atoms with Crippen LogP contribution in [-0.4, -0.2) is 60.5 Å². The summed E-state index contributed by atoms with van der Waals surface area (Å²) < 4.78 is 31.9. The Kier molecular flexibility index (Phi) is 5.09. The van der Waals surface area contributed by atoms with Crippen molar-refractivity contribution < 1.29 is 17.6 Å². The van der Waals surface area contributed by atoms with Gasteiger partial charge in [0.15, 0.2) is 9.84 Å². The minimum absolute atomic E-state index is 0.0189. The number of carbonyl (C=O) groups is 1. The van der Waals surface area contributed by atoms with Gasteiger partial charge in [-0.3, -0.25) is 9.69 Å². The van der Waals surface area contributed by atoms with Crippen LogP contribution in [0.15, 0.2) is 28.9 Å². The zero-order valence-electron chi connectivity index (χ0n) is 16.3. The molecule has 28 heavy (non-hydrogen) atoms. The van der Waals surface area contributed by atoms with Gasteiger partial charge in [0.1, 0.15) is 5.76 Å². The minimum atomic E-state index is -3.13. The molecule has 2 aromatic heterocycles. The molecule has 0 saturated carbocycles. The number of hydrogen-bond donors (Lipinski definition) is 1. The third kappa shape index (κ3) is 3.75. The molecule has 2 aliphatic rings. The monoisotopic (exact) mass is 405 g/mol. The number of aryl methyl sites for hydroxylation is 1. The van der Waals surface area contributed by atoms with Gasteiger partial charge in [-0.25, -0.2) is 8.42 Å². The molecular weight excluding hydrogens is 378 g/mol. The van der Waals surface area contributed by atoms with Crippen molar-refractivity contribution >= 4 is 15.7 Å². The molecule has 0 bridgehead atoms. The number of carbonyl (C=O) groups excluding carboxylic acids is 1. The molecule has 2 saturated heterocycles. The molecule has 152 valence electrons. The van der Waals surface area contributed by atoms with Gasteiger partial charge in [-0.15, -0.1) is 0 Å². The first-order valence-corrected chi connectivity index (χ1v) is 11.6. The lowest BCUT2D eigenvalue weighted by Gasteiger charge is -2.28. The van der Waals surface area contributed by atoms with E-state index in [2.05, 4.69) is 10.2 Å². The number of nitrogens with zero attached hydrogens (tertiary/aromatic N) is 2. The Bertz CT molecular complexity index is 956. The van der Waals surface area contributed by atoms with Crippen LogP contribution < -0.4 is 5.32 Å². The van der Waals surface area contributed by atoms with Gasteiger partial charge < -0.3 is 14.3 Å². The van der Waals surface area contributed by atoms with Gasteiger partial charge in [-0.05, 0) is 58.0 Å². The maximum Gasteiger partial charge on any atom is 0.253 e. The number of amides is 1. The number of likely N-dealkylation sites (tertiary alicyclic amines) is 1. The molecule has 0 aromatic carbocycles. The largest absolute Gasteiger partial charge is 0.467 e. The quantitative estimate of drug-likeness (QED) is 0.819. The van der Waals surface area contributed by atoms with Gasteiger partial charge in [0.05, 0.1) is 35.9 Å². The normalized spacial score (nSPS) is 24.6. The molecule has 2 atom stereocenters. The van der Waals surface area contributed by atoms with Gasteiger partial charge in [-0.2, -0.15) is 0 Å². The molecular formula is C20H27N3O4S. The number of sulfone groups is 1. The first-order valence-electron chi connectivity index (χ1n) is 9.78. The minimum Gasteiger partial charge on any atom is -0.467 e. The van der Waals surface area contributed by atoms with Crippen LogP contribution in [0.25, 0.3) is 0 Å². The van der Waals surface area contributed by atoms with E-state index in [1.54, 1.807) is 6.26 Å². The summed E-state index contributed by atoms with van der Waals surface area (Å²) in [6.07, 6.45) is 3.81. The lowest BCUT2D eigenvalue weighted by atomic mass is 10.1. The highest BCUT2D eigenvalue weighted by atomic mass is 32.2. The lowest BCUT2D eigenvalue weighted by Crippen LogP contribution is -2.50. The predicted molar refractivity (Wildman–Crippen MR) is 106 cm³/mol. The highest BCUT2D eigenvalue weighted by molar-refractivity contribution is 7.91. The van der Waals surface area contributed by atoms with E-state index in [0.717, 1.165) is 43.1 Å². The zero-order valence-corrected chi connectivity index (χ0v) is 17.2. The smallest absolute Gasteiger partial charge is 0.253 e. The lowest BCUT2D eigenvalue weighted by molar-refractivity contribution is 0.0918. The fourth-order valence-corrected chi connectivity index (χ4v) is 6.43. The topological polar surface area (TPSA) is 84.5 Å². The highest BCUT2D eigenvalue weighted by Crippen LogP contribution is 2.24. The summed E-state index contributed by atoms with van der Waals surface area (Å²) in [4.78, 5) is 15.2. The highest BCUT2D eigenvalue weighted by Gasteiger charge is 2.42. The van der Waals surface area contributed by atoms with Crippen molar-refractivity contribution in [2.75, 3.05) is 24.6 Å². The average molecular weight is 406 g/mol. The van der Waals surface area contributed by atoms with Crippen molar-refractivity contribution in [2.24, 2.45) is 0 Å². The van der Waals surface area contributed by atoms with E-state index >= 15 is 0 Å². The van der Waals surface area contributed by atoms with Crippen LogP contribution >= 0.6 is 0 Å². The Morgan fingerprint density at radius 1 is 1.25 bits per heavy atom. The molecule has 0 radical (unpaired) electrons. The van der Waals surface area contributed by atoms with Gasteiger partial charge in [-0.1, -0.05) is 0 Å². The van der Waals surface area contributed by atoms with E-state index in [0.29, 0.717) is 12.1 Å². The fourth-order valence-electron chi connectivity index (χ4n) is 4.48. The van der Waals surface area contributed by atoms with Crippen LogP contribution in [0.1, 0.15) is 40.3 Å². The summed E-state index contributed by atoms with van der Waals surface area (Å²) in [5, 5.41) is 3.02. The summed E-state index contributed by atoms with van der Waals surface area (Å²) in [6, 6.07) is 5.13. The standard InChI is InChI=1S/C20H27N3O4S/c1-14-10-17(15(2)23(14)11-16-6-5-9-27-16)20(24)21-18-12-28(25,26)13-19(18)22-7-3-4-8-22/h5-6,9-10,18-19H,3-4,7-8,11-13H2,1-2H3,(H,21,24). The van der Waals surface area contributed by atoms with E-state index in [1.807, 2.05) is 36.6 Å². The maximum atomic E-state index is 13.0. The zero-order chi connectivity index (χ0) is 19.9. The first kappa shape index (κ1) is 19.3. The maximum absolute atomic E-state index is 13.0. The second kappa shape index (κ2) is 7.40. The Labute approximate surface area is 165 Å². The fraction of sp³-hybridized carbons (Fsp3) is 0.550. The van der Waals surface area contributed by atoms with Crippen LogP contribution in [0.4, 0.5) is 0 Å². The Balaban J connectivity index is 1.53. The Hall–Kier alpha value is -2.06. The molecule has 4 heterocycles. The molecule has 2 aromatic rings. The number of rotatable bonds is 5. The number of furan rings is 1. The van der Waals surface area contributed by atoms with Crippen LogP contribution in [0.5, 0.6) is 0 Å². The number of nitrogens with one attached hydrogen (secondary N) is 1. The third-order valence-corrected chi connectivity index (χ3v) is 7.68. The van der Waals surface area contributed by atoms with Crippen molar-refractivity contribution in [3.05, 3.63) is 47.2 Å². The molecule has 4 rings (SSSR count). The molecule has 1 N–H and O–H groups in total. The average Bonchev–Trinajstić information content (AvgIpc) is 3.40. The third-order valence-electron chi connectivity index (χ3n) is 5.96. The second-order valence-electron chi connectivity index (χ2n) is 7.92. The predicted octanol–water partition coefficient (Wildman–Crippen LogP) is 1.74. The second-order valence-corrected chi connectivity index (χ2v) is 10.1. The van der Waals surface area contributed by atoms with Crippen molar-refractivity contribution in [1.82, 2.24) is 14.8 Å². The van der Waals surface area contributed by atoms with Gasteiger partial charge in [0, 0.05) is 17.4 Å². The SMILES string of the molecule is Cc1cc(C(=O)NC2CS(=O)(=O)CC2N2CCCC2)c(C)n1Cc1ccco1. The summed E-state index contributed by atoms with van der Waals surface area (Å²) >= 11 is 0. The van der Waals surface area contributed by atoms with E-state index in [9.17, 15) is 13.2 Å². The molecule has 2 fully saturated rings. The van der Waals surface area contributed by atoms with E-state index in [1.165, 1.54) is 0 Å². The van der Waals surface area contributed by atoms with Crippen LogP contribution in [-0.2, 0) is 16.4 Å². The Morgan fingerprint density at radius 2 is 2.00 bits per heavy atom. The molecule has 0 aliphatic carbocycles. The van der Waals surface area contributed by atoms with E-state index in [4.69, 9.17) is 4.42 Å². The van der Waals surface area contributed by atoms with Gasteiger partial charge in [0.25, 0.3) is 5.91 Å². The van der Waals surface area contributed by atoms with Crippen molar-refractivity contribution in [1.29, 1.82) is 0 Å². The van der Waals surface area contributed by atoms with Gasteiger partial charge in [0.2, 0.25) is 0 Å². The van der Waals surface area contributed by atoms with E-state index < -0.39 is 9.84 Å². The Morgan fingerprint density at radius 3 is 2.68 bits per heavy atom. The van der Waals surface area contributed by atoms with E-state index in [-0.39, 0.29) is 29.5 Å². The summed E-state index contributed by atoms with van der Waals surface area (Å²) in [5.41, 5.74) is 2.41. The van der Waals surface area contributed by atoms with Gasteiger partial charge >= 0.3 is 0 Å². The van der Waals surface area contributed by atoms with Crippen molar-refractivity contribution in [2.45, 2.75) is 45.3 Å². The summed E-state index contributed by atoms with van der Waals surface area (Å²) in [7, 11) is -3.13. The molecule has 0 spiro atoms. The number of aromatic nitrogens is 1. The molecule has 2 aliphatic heterocycles. The van der Waals surface area contributed by atoms with Crippen molar-refractivity contribution in [3.8, 4) is 0 Å². The van der Waals surface area contributed by atoms with Crippen molar-refractivity contribution in [3.63, 3.8) is 0 Å². The number of hydrogen-bond acceptors (Lipinski definition) is 5. The summed E-state index contributed by atoms with van der Waals surface area (Å²) in [5.74, 6) is 0.773. The molecule has 1 amide bonds. The molecule has 7 nitrogen and oxygen atoms in total. The molecule has 8 heteroatoms. The molecule has 2 unspecified atom stereocenters.